The summed E-state index contributed by atoms with van der Waals surface area (Å²) in [6, 6.07) is 0.645. The molecule has 0 aromatic carbocycles. The number of alkyl halides is 1. The summed E-state index contributed by atoms with van der Waals surface area (Å²) in [6.45, 7) is 9.01. The molecule has 11 heavy (non-hydrogen) atoms. The Morgan fingerprint density at radius 3 is 1.73 bits per heavy atom. The van der Waals surface area contributed by atoms with Crippen molar-refractivity contribution in [1.29, 1.82) is 0 Å². The van der Waals surface area contributed by atoms with Gasteiger partial charge < -0.3 is 0 Å². The molecule has 2 heteroatoms. The molecule has 0 radical (unpaired) electrons. The molecule has 0 fully saturated rings. The molecule has 0 atom stereocenters. The summed E-state index contributed by atoms with van der Waals surface area (Å²) < 4.78 is 0.367. The first-order valence-corrected chi connectivity index (χ1v) is 5.47. The SMILES string of the molecule is CCC(I)(CC)N(C)C(C)C. The molecule has 0 bridgehead atoms. The van der Waals surface area contributed by atoms with E-state index >= 15 is 0 Å². The molecule has 0 saturated heterocycles. The highest BCUT2D eigenvalue weighted by atomic mass is 127. The summed E-state index contributed by atoms with van der Waals surface area (Å²) in [5.41, 5.74) is 0. The fourth-order valence-electron chi connectivity index (χ4n) is 1.21. The third-order valence-electron chi connectivity index (χ3n) is 2.49. The third-order valence-corrected chi connectivity index (χ3v) is 4.78. The van der Waals surface area contributed by atoms with E-state index in [0.717, 1.165) is 0 Å². The standard InChI is InChI=1S/C9H20IN/c1-6-9(10,7-2)11(5)8(3)4/h8H,6-7H2,1-5H3. The van der Waals surface area contributed by atoms with Crippen LogP contribution in [0.25, 0.3) is 0 Å². The van der Waals surface area contributed by atoms with Crippen molar-refractivity contribution in [2.24, 2.45) is 0 Å². The van der Waals surface area contributed by atoms with Crippen molar-refractivity contribution in [3.8, 4) is 0 Å². The summed E-state index contributed by atoms with van der Waals surface area (Å²) in [7, 11) is 2.21. The number of rotatable bonds is 4. The molecule has 0 heterocycles. The van der Waals surface area contributed by atoms with Crippen molar-refractivity contribution < 1.29 is 0 Å². The molecule has 0 aliphatic rings. The first-order valence-electron chi connectivity index (χ1n) is 4.39. The highest BCUT2D eigenvalue weighted by Gasteiger charge is 2.28. The van der Waals surface area contributed by atoms with E-state index in [1.807, 2.05) is 0 Å². The summed E-state index contributed by atoms with van der Waals surface area (Å²) in [5, 5.41) is 0. The van der Waals surface area contributed by atoms with Gasteiger partial charge in [-0.25, -0.2) is 0 Å². The molecule has 0 amide bonds. The first kappa shape index (κ1) is 11.7. The van der Waals surface area contributed by atoms with Crippen LogP contribution in [0.15, 0.2) is 0 Å². The second-order valence-electron chi connectivity index (χ2n) is 3.33. The normalized spacial score (nSPS) is 13.1. The minimum atomic E-state index is 0.367. The Morgan fingerprint density at radius 1 is 1.27 bits per heavy atom. The zero-order chi connectivity index (χ0) is 9.07. The van der Waals surface area contributed by atoms with Gasteiger partial charge in [0.25, 0.3) is 0 Å². The van der Waals surface area contributed by atoms with Crippen molar-refractivity contribution in [3.05, 3.63) is 0 Å². The number of hydrogen-bond acceptors (Lipinski definition) is 1. The minimum Gasteiger partial charge on any atom is -0.290 e. The summed E-state index contributed by atoms with van der Waals surface area (Å²) in [6.07, 6.45) is 2.44. The first-order chi connectivity index (χ1) is 4.98. The lowest BCUT2D eigenvalue weighted by atomic mass is 10.1. The van der Waals surface area contributed by atoms with Crippen molar-refractivity contribution in [1.82, 2.24) is 4.90 Å². The fraction of sp³-hybridized carbons (Fsp3) is 1.00. The molecule has 0 aromatic rings. The average molecular weight is 269 g/mol. The van der Waals surface area contributed by atoms with Crippen molar-refractivity contribution in [2.45, 2.75) is 50.1 Å². The lowest BCUT2D eigenvalue weighted by Gasteiger charge is -2.38. The largest absolute Gasteiger partial charge is 0.290 e. The Balaban J connectivity index is 4.24. The van der Waals surface area contributed by atoms with Gasteiger partial charge in [-0.3, -0.25) is 4.90 Å². The number of hydrogen-bond donors (Lipinski definition) is 0. The van der Waals surface area contributed by atoms with Crippen molar-refractivity contribution in [2.75, 3.05) is 7.05 Å². The molecule has 0 unspecified atom stereocenters. The van der Waals surface area contributed by atoms with Gasteiger partial charge in [0.1, 0.15) is 0 Å². The molecule has 0 aliphatic carbocycles. The van der Waals surface area contributed by atoms with Crippen LogP contribution in [0.3, 0.4) is 0 Å². The quantitative estimate of drug-likeness (QED) is 0.430. The number of nitrogens with zero attached hydrogens (tertiary/aromatic N) is 1. The maximum Gasteiger partial charge on any atom is 0.0724 e. The predicted octanol–water partition coefficient (Wildman–Crippen LogP) is 3.28. The predicted molar refractivity (Wildman–Crippen MR) is 60.2 cm³/mol. The molecule has 0 spiro atoms. The lowest BCUT2D eigenvalue weighted by molar-refractivity contribution is 0.171. The van der Waals surface area contributed by atoms with Gasteiger partial charge in [0.05, 0.1) is 3.55 Å². The fourth-order valence-corrected chi connectivity index (χ4v) is 1.77. The minimum absolute atomic E-state index is 0.367. The van der Waals surface area contributed by atoms with E-state index in [-0.39, 0.29) is 0 Å². The lowest BCUT2D eigenvalue weighted by Crippen LogP contribution is -2.43. The van der Waals surface area contributed by atoms with Crippen LogP contribution in [0.2, 0.25) is 0 Å². The Bertz CT molecular complexity index is 108. The molecule has 68 valence electrons. The summed E-state index contributed by atoms with van der Waals surface area (Å²) in [4.78, 5) is 2.45. The summed E-state index contributed by atoms with van der Waals surface area (Å²) >= 11 is 2.57. The van der Waals surface area contributed by atoms with Gasteiger partial charge in [-0.2, -0.15) is 0 Å². The zero-order valence-corrected chi connectivity index (χ0v) is 10.5. The van der Waals surface area contributed by atoms with E-state index in [2.05, 4.69) is 62.2 Å². The van der Waals surface area contributed by atoms with Crippen molar-refractivity contribution >= 4 is 22.6 Å². The van der Waals surface area contributed by atoms with Crippen LogP contribution in [0.1, 0.15) is 40.5 Å². The topological polar surface area (TPSA) is 3.24 Å². The van der Waals surface area contributed by atoms with E-state index in [1.165, 1.54) is 12.8 Å². The van der Waals surface area contributed by atoms with Gasteiger partial charge in [-0.05, 0) is 33.7 Å². The van der Waals surface area contributed by atoms with Gasteiger partial charge in [-0.1, -0.05) is 36.4 Å². The Labute approximate surface area is 84.7 Å². The van der Waals surface area contributed by atoms with E-state index in [0.29, 0.717) is 9.59 Å². The van der Waals surface area contributed by atoms with Crippen LogP contribution < -0.4 is 0 Å². The second kappa shape index (κ2) is 4.65. The maximum atomic E-state index is 2.57. The van der Waals surface area contributed by atoms with Gasteiger partial charge in [0.15, 0.2) is 0 Å². The molecule has 0 aromatic heterocycles. The van der Waals surface area contributed by atoms with Gasteiger partial charge in [0.2, 0.25) is 0 Å². The Hall–Kier alpha value is 0.690. The maximum absolute atomic E-state index is 2.57. The van der Waals surface area contributed by atoms with Gasteiger partial charge in [0, 0.05) is 6.04 Å². The van der Waals surface area contributed by atoms with Crippen LogP contribution in [0.5, 0.6) is 0 Å². The smallest absolute Gasteiger partial charge is 0.0724 e. The van der Waals surface area contributed by atoms with E-state index in [4.69, 9.17) is 0 Å². The Kier molecular flexibility index (Phi) is 4.94. The van der Waals surface area contributed by atoms with E-state index in [1.54, 1.807) is 0 Å². The number of halogens is 1. The highest BCUT2D eigenvalue weighted by molar-refractivity contribution is 14.1. The van der Waals surface area contributed by atoms with E-state index in [9.17, 15) is 0 Å². The molecule has 0 N–H and O–H groups in total. The van der Waals surface area contributed by atoms with Crippen LogP contribution in [-0.4, -0.2) is 21.5 Å². The van der Waals surface area contributed by atoms with E-state index < -0.39 is 0 Å². The summed E-state index contributed by atoms with van der Waals surface area (Å²) in [5.74, 6) is 0. The van der Waals surface area contributed by atoms with Gasteiger partial charge >= 0.3 is 0 Å². The Morgan fingerprint density at radius 2 is 1.64 bits per heavy atom. The zero-order valence-electron chi connectivity index (χ0n) is 8.32. The molecule has 0 rings (SSSR count). The molecule has 0 aliphatic heterocycles. The molecule has 0 saturated carbocycles. The van der Waals surface area contributed by atoms with Crippen LogP contribution >= 0.6 is 22.6 Å². The van der Waals surface area contributed by atoms with Gasteiger partial charge in [-0.15, -0.1) is 0 Å². The molecular formula is C9H20IN. The third kappa shape index (κ3) is 2.90. The highest BCUT2D eigenvalue weighted by Crippen LogP contribution is 2.31. The van der Waals surface area contributed by atoms with Crippen molar-refractivity contribution in [3.63, 3.8) is 0 Å². The second-order valence-corrected chi connectivity index (χ2v) is 5.34. The van der Waals surface area contributed by atoms with Crippen LogP contribution in [0.4, 0.5) is 0 Å². The monoisotopic (exact) mass is 269 g/mol. The molecule has 1 nitrogen and oxygen atoms in total. The van der Waals surface area contributed by atoms with Crippen LogP contribution in [0, 0.1) is 0 Å². The van der Waals surface area contributed by atoms with Crippen LogP contribution in [-0.2, 0) is 0 Å². The molecular weight excluding hydrogens is 249 g/mol. The average Bonchev–Trinajstić information content (AvgIpc) is 2.01.